The van der Waals surface area contributed by atoms with Gasteiger partial charge in [0.15, 0.2) is 0 Å². The number of β-lactam (4-membered cyclic amide) rings is 1. The molecule has 4 rings (SSSR count). The lowest BCUT2D eigenvalue weighted by Crippen LogP contribution is -2.70. The van der Waals surface area contributed by atoms with Crippen molar-refractivity contribution in [1.82, 2.24) is 10.2 Å². The number of carbonyl (C=O) groups is 3. The number of esters is 1. The average molecular weight is 599 g/mol. The number of non-ortho nitro benzene ring substituents is 1. The largest absolute Gasteiger partial charge is 0.456 e. The van der Waals surface area contributed by atoms with E-state index < -0.39 is 16.9 Å². The minimum atomic E-state index is -0.685. The molecule has 2 atom stereocenters. The molecule has 0 bridgehead atoms. The van der Waals surface area contributed by atoms with Crippen molar-refractivity contribution in [3.63, 3.8) is 0 Å². The summed E-state index contributed by atoms with van der Waals surface area (Å²) in [5.41, 5.74) is 1.57. The van der Waals surface area contributed by atoms with E-state index in [9.17, 15) is 24.5 Å². The Balaban J connectivity index is 1.41. The fourth-order valence-corrected chi connectivity index (χ4v) is 6.55. The van der Waals surface area contributed by atoms with Gasteiger partial charge < -0.3 is 10.1 Å². The van der Waals surface area contributed by atoms with E-state index in [1.54, 1.807) is 0 Å². The van der Waals surface area contributed by atoms with Gasteiger partial charge in [-0.3, -0.25) is 24.6 Å². The Morgan fingerprint density at radius 2 is 2.03 bits per heavy atom. The van der Waals surface area contributed by atoms with E-state index in [0.29, 0.717) is 15.7 Å². The highest BCUT2D eigenvalue weighted by molar-refractivity contribution is 14.1. The first kappa shape index (κ1) is 23.7. The lowest BCUT2D eigenvalue weighted by atomic mass is 10.0. The highest BCUT2D eigenvalue weighted by Gasteiger charge is 2.54. The standard InChI is InChI=1S/C21H18IN3O6S2/c22-9-13-11-33-20-17(23-16(26)8-15-2-1-7-32-15)19(27)24(20)18(13)21(28)31-10-12-3-5-14(6-4-12)25(29)30/h1-7,17,20H,8-11H2,(H,23,26)/t17?,20-/m1/s1. The lowest BCUT2D eigenvalue weighted by molar-refractivity contribution is -0.384. The number of nitrogens with one attached hydrogen (secondary N) is 1. The molecule has 0 saturated carbocycles. The van der Waals surface area contributed by atoms with Crippen LogP contribution in [-0.2, 0) is 32.1 Å². The monoisotopic (exact) mass is 599 g/mol. The van der Waals surface area contributed by atoms with Gasteiger partial charge in [0, 0.05) is 27.2 Å². The zero-order valence-corrected chi connectivity index (χ0v) is 20.9. The summed E-state index contributed by atoms with van der Waals surface area (Å²) < 4.78 is 5.98. The Morgan fingerprint density at radius 1 is 1.27 bits per heavy atom. The zero-order chi connectivity index (χ0) is 23.5. The Hall–Kier alpha value is -2.45. The lowest BCUT2D eigenvalue weighted by Gasteiger charge is -2.49. The van der Waals surface area contributed by atoms with Crippen molar-refractivity contribution in [2.24, 2.45) is 0 Å². The second-order valence-electron chi connectivity index (χ2n) is 7.30. The SMILES string of the molecule is O=C(Cc1cccs1)NC1C(=O)N2C(C(=O)OCc3ccc([N+](=O)[O-])cc3)=C(CI)CS[C@H]12. The van der Waals surface area contributed by atoms with Gasteiger partial charge in [0.25, 0.3) is 11.6 Å². The first-order valence-electron chi connectivity index (χ1n) is 9.84. The van der Waals surface area contributed by atoms with Gasteiger partial charge in [-0.05, 0) is 34.7 Å². The number of rotatable bonds is 8. The minimum Gasteiger partial charge on any atom is -0.456 e. The van der Waals surface area contributed by atoms with E-state index in [1.807, 2.05) is 17.5 Å². The van der Waals surface area contributed by atoms with Gasteiger partial charge in [0.1, 0.15) is 23.7 Å². The van der Waals surface area contributed by atoms with Crippen LogP contribution in [0.5, 0.6) is 0 Å². The highest BCUT2D eigenvalue weighted by Crippen LogP contribution is 2.41. The van der Waals surface area contributed by atoms with Crippen molar-refractivity contribution < 1.29 is 24.0 Å². The number of fused-ring (bicyclic) bond motifs is 1. The molecule has 2 aromatic rings. The van der Waals surface area contributed by atoms with Crippen LogP contribution in [0.4, 0.5) is 5.69 Å². The van der Waals surface area contributed by atoms with Crippen LogP contribution < -0.4 is 5.32 Å². The van der Waals surface area contributed by atoms with Gasteiger partial charge in [0.2, 0.25) is 5.91 Å². The summed E-state index contributed by atoms with van der Waals surface area (Å²) in [6.45, 7) is -0.0737. The summed E-state index contributed by atoms with van der Waals surface area (Å²) in [6, 6.07) is 8.77. The number of hydrogen-bond acceptors (Lipinski definition) is 8. The van der Waals surface area contributed by atoms with E-state index in [0.717, 1.165) is 10.5 Å². The number of halogens is 1. The molecule has 2 amide bonds. The molecule has 3 heterocycles. The fraction of sp³-hybridized carbons (Fsp3) is 0.286. The van der Waals surface area contributed by atoms with E-state index in [2.05, 4.69) is 27.9 Å². The fourth-order valence-electron chi connectivity index (χ4n) is 3.50. The normalized spacial score (nSPS) is 19.5. The summed E-state index contributed by atoms with van der Waals surface area (Å²) in [4.78, 5) is 50.8. The van der Waals surface area contributed by atoms with Gasteiger partial charge in [0.05, 0.1) is 11.3 Å². The quantitative estimate of drug-likeness (QED) is 0.124. The average Bonchev–Trinajstić information content (AvgIpc) is 3.33. The molecular formula is C21H18IN3O6S2. The van der Waals surface area contributed by atoms with Crippen LogP contribution in [0.1, 0.15) is 10.4 Å². The number of amides is 2. The highest BCUT2D eigenvalue weighted by atomic mass is 127. The molecule has 172 valence electrons. The molecule has 33 heavy (non-hydrogen) atoms. The second-order valence-corrected chi connectivity index (χ2v) is 10.2. The molecule has 0 spiro atoms. The Labute approximate surface area is 210 Å². The molecule has 12 heteroatoms. The summed E-state index contributed by atoms with van der Waals surface area (Å²) in [5, 5.41) is 15.1. The molecular weight excluding hydrogens is 581 g/mol. The number of ether oxygens (including phenoxy) is 1. The van der Waals surface area contributed by atoms with Gasteiger partial charge >= 0.3 is 5.97 Å². The molecule has 0 radical (unpaired) electrons. The van der Waals surface area contributed by atoms with Crippen LogP contribution in [0.25, 0.3) is 0 Å². The van der Waals surface area contributed by atoms with E-state index in [-0.39, 0.29) is 41.6 Å². The third kappa shape index (κ3) is 5.06. The minimum absolute atomic E-state index is 0.0505. The molecule has 9 nitrogen and oxygen atoms in total. The van der Waals surface area contributed by atoms with Gasteiger partial charge in [-0.25, -0.2) is 4.79 Å². The van der Waals surface area contributed by atoms with Crippen molar-refractivity contribution >= 4 is 69.2 Å². The predicted molar refractivity (Wildman–Crippen MR) is 132 cm³/mol. The molecule has 1 fully saturated rings. The molecule has 0 aliphatic carbocycles. The first-order valence-corrected chi connectivity index (χ1v) is 13.3. The second kappa shape index (κ2) is 10.2. The third-order valence-corrected chi connectivity index (χ3v) is 8.29. The molecule has 1 aromatic carbocycles. The van der Waals surface area contributed by atoms with Crippen LogP contribution in [-0.4, -0.2) is 49.2 Å². The summed E-state index contributed by atoms with van der Waals surface area (Å²) >= 11 is 5.12. The molecule has 1 saturated heterocycles. The van der Waals surface area contributed by atoms with Crippen LogP contribution in [0.2, 0.25) is 0 Å². The topological polar surface area (TPSA) is 119 Å². The Bertz CT molecular complexity index is 1120. The number of nitro benzene ring substituents is 1. The Morgan fingerprint density at radius 3 is 2.67 bits per heavy atom. The molecule has 1 aromatic heterocycles. The van der Waals surface area contributed by atoms with Gasteiger partial charge in [-0.15, -0.1) is 23.1 Å². The number of nitrogens with zero attached hydrogens (tertiary/aromatic N) is 2. The van der Waals surface area contributed by atoms with Crippen molar-refractivity contribution in [2.45, 2.75) is 24.4 Å². The van der Waals surface area contributed by atoms with Crippen molar-refractivity contribution in [1.29, 1.82) is 0 Å². The number of thiophene rings is 1. The van der Waals surface area contributed by atoms with E-state index >= 15 is 0 Å². The van der Waals surface area contributed by atoms with Crippen LogP contribution in [0.15, 0.2) is 53.0 Å². The maximum Gasteiger partial charge on any atom is 0.355 e. The van der Waals surface area contributed by atoms with E-state index in [1.165, 1.54) is 52.3 Å². The number of nitro groups is 1. The molecule has 2 aliphatic rings. The Kier molecular flexibility index (Phi) is 7.34. The van der Waals surface area contributed by atoms with Crippen LogP contribution in [0, 0.1) is 10.1 Å². The van der Waals surface area contributed by atoms with Crippen molar-refractivity contribution in [3.8, 4) is 0 Å². The predicted octanol–water partition coefficient (Wildman–Crippen LogP) is 3.03. The van der Waals surface area contributed by atoms with Gasteiger partial charge in [-0.1, -0.05) is 28.7 Å². The van der Waals surface area contributed by atoms with Gasteiger partial charge in [-0.2, -0.15) is 0 Å². The van der Waals surface area contributed by atoms with Crippen LogP contribution >= 0.6 is 45.7 Å². The van der Waals surface area contributed by atoms with Crippen molar-refractivity contribution in [2.75, 3.05) is 10.2 Å². The van der Waals surface area contributed by atoms with Crippen LogP contribution in [0.3, 0.4) is 0 Å². The number of thioether (sulfide) groups is 1. The maximum absolute atomic E-state index is 12.9. The number of benzene rings is 1. The molecule has 1 unspecified atom stereocenters. The number of alkyl halides is 1. The number of hydrogen-bond donors (Lipinski definition) is 1. The first-order chi connectivity index (χ1) is 15.9. The zero-order valence-electron chi connectivity index (χ0n) is 17.1. The summed E-state index contributed by atoms with van der Waals surface area (Å²) in [7, 11) is 0. The molecule has 1 N–H and O–H groups in total. The molecule has 2 aliphatic heterocycles. The van der Waals surface area contributed by atoms with E-state index in [4.69, 9.17) is 4.74 Å². The summed E-state index contributed by atoms with van der Waals surface area (Å²) in [6.07, 6.45) is 0.206. The number of carbonyl (C=O) groups excluding carboxylic acids is 3. The third-order valence-electron chi connectivity index (χ3n) is 5.15. The smallest absolute Gasteiger partial charge is 0.355 e. The van der Waals surface area contributed by atoms with Crippen molar-refractivity contribution in [3.05, 3.63) is 73.6 Å². The maximum atomic E-state index is 12.9. The summed E-state index contributed by atoms with van der Waals surface area (Å²) in [5.74, 6) is -0.642.